The number of anilines is 1. The van der Waals surface area contributed by atoms with Gasteiger partial charge in [0.2, 0.25) is 5.82 Å². The summed E-state index contributed by atoms with van der Waals surface area (Å²) >= 11 is 0. The van der Waals surface area contributed by atoms with E-state index >= 15 is 0 Å². The maximum atomic E-state index is 4.33. The van der Waals surface area contributed by atoms with Gasteiger partial charge < -0.3 is 9.80 Å². The maximum Gasteiger partial charge on any atom is 0.206 e. The van der Waals surface area contributed by atoms with Crippen LogP contribution in [0.15, 0.2) is 30.3 Å². The molecular weight excluding hydrogens is 300 g/mol. The van der Waals surface area contributed by atoms with Crippen LogP contribution < -0.4 is 9.80 Å². The second-order valence-electron chi connectivity index (χ2n) is 7.08. The number of nitrogens with zero attached hydrogens (tertiary/aromatic N) is 5. The molecule has 0 spiro atoms. The van der Waals surface area contributed by atoms with E-state index in [2.05, 4.69) is 55.4 Å². The summed E-state index contributed by atoms with van der Waals surface area (Å²) in [6, 6.07) is 11.2. The zero-order valence-corrected chi connectivity index (χ0v) is 14.3. The zero-order valence-electron chi connectivity index (χ0n) is 14.3. The number of aromatic nitrogens is 4. The molecule has 2 aromatic rings. The summed E-state index contributed by atoms with van der Waals surface area (Å²) < 4.78 is 2.12. The van der Waals surface area contributed by atoms with Gasteiger partial charge in [0.25, 0.3) is 0 Å². The van der Waals surface area contributed by atoms with Crippen molar-refractivity contribution in [3.63, 3.8) is 0 Å². The summed E-state index contributed by atoms with van der Waals surface area (Å²) in [6.45, 7) is 5.44. The van der Waals surface area contributed by atoms with E-state index in [1.54, 1.807) is 4.90 Å². The van der Waals surface area contributed by atoms with Crippen LogP contribution in [0.4, 0.5) is 5.69 Å². The monoisotopic (exact) mass is 327 g/mol. The average molecular weight is 327 g/mol. The number of benzene rings is 1. The van der Waals surface area contributed by atoms with E-state index in [-0.39, 0.29) is 0 Å². The van der Waals surface area contributed by atoms with Crippen molar-refractivity contribution in [3.05, 3.63) is 36.2 Å². The lowest BCUT2D eigenvalue weighted by atomic mass is 9.95. The minimum atomic E-state index is 0.522. The first-order valence-electron chi connectivity index (χ1n) is 9.30. The Morgan fingerprint density at radius 1 is 1.00 bits per heavy atom. The highest BCUT2D eigenvalue weighted by molar-refractivity contribution is 5.45. The highest BCUT2D eigenvalue weighted by Gasteiger charge is 2.25. The molecule has 6 heteroatoms. The molecule has 1 saturated heterocycles. The molecule has 0 bridgehead atoms. The smallest absolute Gasteiger partial charge is 0.206 e. The van der Waals surface area contributed by atoms with Crippen LogP contribution in [0.5, 0.6) is 0 Å². The van der Waals surface area contributed by atoms with Crippen LogP contribution in [0, 0.1) is 0 Å². The van der Waals surface area contributed by atoms with Crippen molar-refractivity contribution in [1.82, 2.24) is 20.2 Å². The summed E-state index contributed by atoms with van der Waals surface area (Å²) in [5.41, 5.74) is 1.34. The van der Waals surface area contributed by atoms with Crippen LogP contribution in [-0.2, 0) is 6.54 Å². The van der Waals surface area contributed by atoms with E-state index in [0.29, 0.717) is 6.04 Å². The van der Waals surface area contributed by atoms with Gasteiger partial charge in [0.05, 0.1) is 32.2 Å². The Morgan fingerprint density at radius 2 is 1.75 bits per heavy atom. The second kappa shape index (κ2) is 7.30. The topological polar surface area (TPSA) is 51.3 Å². The standard InChI is InChI=1S/C18H26N6/c1-3-7-16(8-4-1)23-13-11-22(12-14-23)15-18-19-20-21-24(18)17-9-5-2-6-10-17/h1,3-4,7-8,17H,2,5-6,9-15H2/p+1. The van der Waals surface area contributed by atoms with E-state index in [1.807, 2.05) is 0 Å². The number of piperazine rings is 1. The lowest BCUT2D eigenvalue weighted by Crippen LogP contribution is -3.13. The van der Waals surface area contributed by atoms with Crippen molar-refractivity contribution < 1.29 is 4.90 Å². The summed E-state index contributed by atoms with van der Waals surface area (Å²) in [5, 5.41) is 12.6. The van der Waals surface area contributed by atoms with Crippen LogP contribution in [0.1, 0.15) is 44.0 Å². The Balaban J connectivity index is 1.35. The molecule has 2 aliphatic rings. The molecule has 1 aliphatic heterocycles. The van der Waals surface area contributed by atoms with Crippen molar-refractivity contribution in [2.75, 3.05) is 31.1 Å². The van der Waals surface area contributed by atoms with Crippen molar-refractivity contribution >= 4 is 5.69 Å². The molecular formula is C18H27N6+. The number of para-hydroxylation sites is 1. The van der Waals surface area contributed by atoms with Gasteiger partial charge in [-0.1, -0.05) is 37.5 Å². The van der Waals surface area contributed by atoms with E-state index in [4.69, 9.17) is 0 Å². The minimum Gasteiger partial charge on any atom is -0.360 e. The fourth-order valence-corrected chi connectivity index (χ4v) is 4.06. The molecule has 1 aliphatic carbocycles. The van der Waals surface area contributed by atoms with Crippen LogP contribution in [-0.4, -0.2) is 46.4 Å². The van der Waals surface area contributed by atoms with Gasteiger partial charge in [-0.3, -0.25) is 0 Å². The van der Waals surface area contributed by atoms with Gasteiger partial charge in [-0.25, -0.2) is 4.68 Å². The van der Waals surface area contributed by atoms with E-state index in [0.717, 1.165) is 38.5 Å². The molecule has 0 radical (unpaired) electrons. The van der Waals surface area contributed by atoms with Crippen molar-refractivity contribution in [2.45, 2.75) is 44.7 Å². The molecule has 2 fully saturated rings. The number of rotatable bonds is 4. The first-order chi connectivity index (χ1) is 11.9. The number of hydrogen-bond donors (Lipinski definition) is 1. The molecule has 0 amide bonds. The molecule has 2 heterocycles. The fraction of sp³-hybridized carbons (Fsp3) is 0.611. The predicted molar refractivity (Wildman–Crippen MR) is 93.0 cm³/mol. The molecule has 1 saturated carbocycles. The van der Waals surface area contributed by atoms with Gasteiger partial charge in [-0.15, -0.1) is 5.10 Å². The highest BCUT2D eigenvalue weighted by atomic mass is 15.6. The summed E-state index contributed by atoms with van der Waals surface area (Å²) in [4.78, 5) is 4.07. The normalized spacial score (nSPS) is 20.4. The lowest BCUT2D eigenvalue weighted by molar-refractivity contribution is -0.915. The Kier molecular flexibility index (Phi) is 4.74. The van der Waals surface area contributed by atoms with Gasteiger partial charge in [0, 0.05) is 5.69 Å². The number of hydrogen-bond acceptors (Lipinski definition) is 4. The third-order valence-corrected chi connectivity index (χ3v) is 5.48. The molecule has 4 rings (SSSR count). The molecule has 0 unspecified atom stereocenters. The minimum absolute atomic E-state index is 0.522. The van der Waals surface area contributed by atoms with Crippen LogP contribution in [0.2, 0.25) is 0 Å². The quantitative estimate of drug-likeness (QED) is 0.913. The van der Waals surface area contributed by atoms with Crippen LogP contribution in [0.25, 0.3) is 0 Å². The zero-order chi connectivity index (χ0) is 16.2. The highest BCUT2D eigenvalue weighted by Crippen LogP contribution is 2.27. The fourth-order valence-electron chi connectivity index (χ4n) is 4.06. The summed E-state index contributed by atoms with van der Waals surface area (Å²) in [5.74, 6) is 1.07. The number of quaternary nitrogens is 1. The van der Waals surface area contributed by atoms with E-state index < -0.39 is 0 Å². The first-order valence-corrected chi connectivity index (χ1v) is 9.30. The molecule has 1 aromatic heterocycles. The first kappa shape index (κ1) is 15.6. The Morgan fingerprint density at radius 3 is 2.50 bits per heavy atom. The molecule has 128 valence electrons. The van der Waals surface area contributed by atoms with E-state index in [1.165, 1.54) is 37.8 Å². The van der Waals surface area contributed by atoms with Gasteiger partial charge in [-0.2, -0.15) is 0 Å². The number of tetrazole rings is 1. The van der Waals surface area contributed by atoms with Crippen molar-refractivity contribution in [2.24, 2.45) is 0 Å². The van der Waals surface area contributed by atoms with Crippen molar-refractivity contribution in [1.29, 1.82) is 0 Å². The van der Waals surface area contributed by atoms with Gasteiger partial charge in [-0.05, 0) is 35.4 Å². The lowest BCUT2D eigenvalue weighted by Gasteiger charge is -2.33. The summed E-state index contributed by atoms with van der Waals surface area (Å²) in [6.07, 6.45) is 6.45. The molecule has 1 aromatic carbocycles. The number of nitrogens with one attached hydrogen (secondary N) is 1. The van der Waals surface area contributed by atoms with Gasteiger partial charge in [0.1, 0.15) is 6.54 Å². The molecule has 6 nitrogen and oxygen atoms in total. The van der Waals surface area contributed by atoms with Crippen molar-refractivity contribution in [3.8, 4) is 0 Å². The SMILES string of the molecule is c1ccc(N2CC[NH+](Cc3nnnn3C3CCCCC3)CC2)cc1. The van der Waals surface area contributed by atoms with Gasteiger partial charge in [0.15, 0.2) is 0 Å². The molecule has 1 N–H and O–H groups in total. The van der Waals surface area contributed by atoms with Crippen LogP contribution >= 0.6 is 0 Å². The second-order valence-corrected chi connectivity index (χ2v) is 7.08. The Labute approximate surface area is 143 Å². The van der Waals surface area contributed by atoms with Gasteiger partial charge >= 0.3 is 0 Å². The molecule has 0 atom stereocenters. The molecule has 24 heavy (non-hydrogen) atoms. The largest absolute Gasteiger partial charge is 0.360 e. The van der Waals surface area contributed by atoms with Crippen LogP contribution in [0.3, 0.4) is 0 Å². The van der Waals surface area contributed by atoms with E-state index in [9.17, 15) is 0 Å². The third-order valence-electron chi connectivity index (χ3n) is 5.48. The Hall–Kier alpha value is -1.95. The Bertz CT molecular complexity index is 626. The maximum absolute atomic E-state index is 4.33. The average Bonchev–Trinajstić information content (AvgIpc) is 3.12. The third kappa shape index (κ3) is 3.43. The predicted octanol–water partition coefficient (Wildman–Crippen LogP) is 1.08. The summed E-state index contributed by atoms with van der Waals surface area (Å²) in [7, 11) is 0.